The van der Waals surface area contributed by atoms with Crippen molar-refractivity contribution in [3.8, 4) is 0 Å². The zero-order chi connectivity index (χ0) is 19.1. The van der Waals surface area contributed by atoms with Gasteiger partial charge in [0.25, 0.3) is 11.5 Å². The van der Waals surface area contributed by atoms with Crippen LogP contribution in [0, 0.1) is 0 Å². The number of nitrogens with one attached hydrogen (secondary N) is 3. The van der Waals surface area contributed by atoms with Crippen molar-refractivity contribution in [2.24, 2.45) is 0 Å². The first-order valence-electron chi connectivity index (χ1n) is 7.80. The Bertz CT molecular complexity index is 978. The minimum Gasteiger partial charge on any atom is -0.392 e. The SMILES string of the molecule is Nc1c(C(=O)N[C@@H]2CCCc3c2cccc3C(F)(F)F)[nH]c(=O)[nH]c1=O. The molecule has 0 spiro atoms. The number of alkyl halides is 3. The second kappa shape index (κ2) is 6.36. The minimum absolute atomic E-state index is 0.143. The van der Waals surface area contributed by atoms with Crippen LogP contribution in [0.1, 0.15) is 46.1 Å². The number of halogens is 3. The molecule has 5 N–H and O–H groups in total. The third kappa shape index (κ3) is 3.22. The van der Waals surface area contributed by atoms with Crippen LogP contribution in [0.25, 0.3) is 0 Å². The van der Waals surface area contributed by atoms with E-state index in [1.54, 1.807) is 0 Å². The van der Waals surface area contributed by atoms with E-state index in [9.17, 15) is 27.6 Å². The van der Waals surface area contributed by atoms with Crippen molar-refractivity contribution in [2.75, 3.05) is 5.73 Å². The molecule has 1 heterocycles. The summed E-state index contributed by atoms with van der Waals surface area (Å²) < 4.78 is 39.6. The molecule has 0 saturated carbocycles. The lowest BCUT2D eigenvalue weighted by Gasteiger charge is -2.28. The molecule has 1 aromatic carbocycles. The molecule has 2 aromatic rings. The second-order valence-corrected chi connectivity index (χ2v) is 5.99. The quantitative estimate of drug-likeness (QED) is 0.641. The van der Waals surface area contributed by atoms with Crippen molar-refractivity contribution >= 4 is 11.6 Å². The molecular weight excluding hydrogens is 353 g/mol. The van der Waals surface area contributed by atoms with Crippen molar-refractivity contribution in [1.82, 2.24) is 15.3 Å². The summed E-state index contributed by atoms with van der Waals surface area (Å²) >= 11 is 0. The maximum absolute atomic E-state index is 13.2. The Morgan fingerprint density at radius 3 is 2.65 bits per heavy atom. The van der Waals surface area contributed by atoms with E-state index in [1.165, 1.54) is 12.1 Å². The number of carbonyl (C=O) groups excluding carboxylic acids is 1. The maximum atomic E-state index is 13.2. The summed E-state index contributed by atoms with van der Waals surface area (Å²) in [6.45, 7) is 0. The molecule has 0 aliphatic heterocycles. The number of anilines is 1. The molecule has 10 heteroatoms. The fourth-order valence-electron chi connectivity index (χ4n) is 3.17. The topological polar surface area (TPSA) is 121 Å². The van der Waals surface area contributed by atoms with Crippen LogP contribution in [0.3, 0.4) is 0 Å². The first-order chi connectivity index (χ1) is 12.2. The van der Waals surface area contributed by atoms with Gasteiger partial charge < -0.3 is 16.0 Å². The lowest BCUT2D eigenvalue weighted by Crippen LogP contribution is -2.36. The highest BCUT2D eigenvalue weighted by Gasteiger charge is 2.36. The number of hydrogen-bond acceptors (Lipinski definition) is 4. The van der Waals surface area contributed by atoms with E-state index in [0.717, 1.165) is 6.07 Å². The first-order valence-corrected chi connectivity index (χ1v) is 7.80. The highest BCUT2D eigenvalue weighted by atomic mass is 19.4. The Balaban J connectivity index is 1.96. The van der Waals surface area contributed by atoms with Crippen molar-refractivity contribution < 1.29 is 18.0 Å². The Morgan fingerprint density at radius 2 is 1.96 bits per heavy atom. The van der Waals surface area contributed by atoms with Gasteiger partial charge in [-0.2, -0.15) is 13.2 Å². The van der Waals surface area contributed by atoms with E-state index in [4.69, 9.17) is 5.73 Å². The van der Waals surface area contributed by atoms with Crippen LogP contribution in [0.5, 0.6) is 0 Å². The predicted molar refractivity (Wildman–Crippen MR) is 86.7 cm³/mol. The lowest BCUT2D eigenvalue weighted by molar-refractivity contribution is -0.138. The highest BCUT2D eigenvalue weighted by Crippen LogP contribution is 2.39. The van der Waals surface area contributed by atoms with Crippen LogP contribution in [0.2, 0.25) is 0 Å². The number of benzene rings is 1. The predicted octanol–water partition coefficient (Wildman–Crippen LogP) is 1.47. The Morgan fingerprint density at radius 1 is 1.23 bits per heavy atom. The molecule has 0 unspecified atom stereocenters. The summed E-state index contributed by atoms with van der Waals surface area (Å²) in [5.74, 6) is -0.832. The zero-order valence-corrected chi connectivity index (χ0v) is 13.4. The van der Waals surface area contributed by atoms with Gasteiger partial charge in [-0.1, -0.05) is 12.1 Å². The number of fused-ring (bicyclic) bond motifs is 1. The molecule has 1 aliphatic carbocycles. The molecule has 1 amide bonds. The summed E-state index contributed by atoms with van der Waals surface area (Å²) in [6, 6.07) is 3.14. The number of nitrogens with two attached hydrogens (primary N) is 1. The smallest absolute Gasteiger partial charge is 0.392 e. The van der Waals surface area contributed by atoms with Crippen LogP contribution in [-0.2, 0) is 12.6 Å². The van der Waals surface area contributed by atoms with Gasteiger partial charge in [0, 0.05) is 0 Å². The molecule has 0 saturated heterocycles. The molecule has 138 valence electrons. The number of amides is 1. The Hall–Kier alpha value is -3.04. The summed E-state index contributed by atoms with van der Waals surface area (Å²) in [6.07, 6.45) is -3.36. The van der Waals surface area contributed by atoms with Gasteiger partial charge in [0.15, 0.2) is 0 Å². The van der Waals surface area contributed by atoms with E-state index in [-0.39, 0.29) is 12.0 Å². The van der Waals surface area contributed by atoms with Crippen molar-refractivity contribution in [3.05, 3.63) is 61.4 Å². The third-order valence-corrected chi connectivity index (χ3v) is 4.32. The third-order valence-electron chi connectivity index (χ3n) is 4.32. The number of aromatic amines is 2. The van der Waals surface area contributed by atoms with E-state index < -0.39 is 46.3 Å². The van der Waals surface area contributed by atoms with E-state index >= 15 is 0 Å². The van der Waals surface area contributed by atoms with Crippen molar-refractivity contribution in [1.29, 1.82) is 0 Å². The Labute approximate surface area is 144 Å². The molecule has 7 nitrogen and oxygen atoms in total. The van der Waals surface area contributed by atoms with Gasteiger partial charge in [0.2, 0.25) is 0 Å². The van der Waals surface area contributed by atoms with Crippen molar-refractivity contribution in [3.63, 3.8) is 0 Å². The minimum atomic E-state index is -4.49. The molecule has 1 atom stereocenters. The summed E-state index contributed by atoms with van der Waals surface area (Å²) in [4.78, 5) is 39.3. The highest BCUT2D eigenvalue weighted by molar-refractivity contribution is 5.97. The van der Waals surface area contributed by atoms with Crippen LogP contribution in [-0.4, -0.2) is 15.9 Å². The summed E-state index contributed by atoms with van der Waals surface area (Å²) in [5.41, 5.74) is 2.59. The van der Waals surface area contributed by atoms with E-state index in [2.05, 4.69) is 10.3 Å². The Kier molecular flexibility index (Phi) is 4.34. The molecule has 0 fully saturated rings. The molecular formula is C16H15F3N4O3. The molecule has 1 aliphatic rings. The number of rotatable bonds is 2. The molecule has 0 radical (unpaired) electrons. The van der Waals surface area contributed by atoms with Gasteiger partial charge in [-0.05, 0) is 36.5 Å². The lowest BCUT2D eigenvalue weighted by atomic mass is 9.84. The fourth-order valence-corrected chi connectivity index (χ4v) is 3.17. The van der Waals surface area contributed by atoms with Gasteiger partial charge in [0.05, 0.1) is 11.6 Å². The number of carbonyl (C=O) groups is 1. The van der Waals surface area contributed by atoms with E-state index in [1.807, 2.05) is 4.98 Å². The normalized spacial score (nSPS) is 16.8. The number of hydrogen-bond donors (Lipinski definition) is 4. The zero-order valence-electron chi connectivity index (χ0n) is 13.4. The molecule has 0 bridgehead atoms. The summed E-state index contributed by atoms with van der Waals surface area (Å²) in [7, 11) is 0. The van der Waals surface area contributed by atoms with Gasteiger partial charge >= 0.3 is 11.9 Å². The second-order valence-electron chi connectivity index (χ2n) is 5.99. The number of H-pyrrole nitrogens is 2. The van der Waals surface area contributed by atoms with Crippen molar-refractivity contribution in [2.45, 2.75) is 31.5 Å². The number of aromatic nitrogens is 2. The molecule has 1 aromatic heterocycles. The molecule has 3 rings (SSSR count). The number of nitrogen functional groups attached to an aromatic ring is 1. The van der Waals surface area contributed by atoms with Gasteiger partial charge in [-0.15, -0.1) is 0 Å². The first kappa shape index (κ1) is 17.8. The average molecular weight is 368 g/mol. The van der Waals surface area contributed by atoms with E-state index in [0.29, 0.717) is 18.4 Å². The van der Waals surface area contributed by atoms with Gasteiger partial charge in [-0.25, -0.2) is 4.79 Å². The van der Waals surface area contributed by atoms with Crippen LogP contribution in [0.4, 0.5) is 18.9 Å². The maximum Gasteiger partial charge on any atom is 0.416 e. The monoisotopic (exact) mass is 368 g/mol. The largest absolute Gasteiger partial charge is 0.416 e. The van der Waals surface area contributed by atoms with Crippen LogP contribution in [0.15, 0.2) is 27.8 Å². The standard InChI is InChI=1S/C16H15F3N4O3/c17-16(18,19)9-5-1-4-8-7(9)3-2-6-10(8)21-14(25)12-11(20)13(24)23-15(26)22-12/h1,4-5,10H,2-3,6,20H2,(H,21,25)(H2,22,23,24,26)/t10-/m1/s1. The van der Waals surface area contributed by atoms with Gasteiger partial charge in [0.1, 0.15) is 11.4 Å². The fraction of sp³-hybridized carbons (Fsp3) is 0.312. The van der Waals surface area contributed by atoms with Crippen LogP contribution < -0.4 is 22.3 Å². The van der Waals surface area contributed by atoms with Crippen LogP contribution >= 0.6 is 0 Å². The van der Waals surface area contributed by atoms with Gasteiger partial charge in [-0.3, -0.25) is 14.6 Å². The average Bonchev–Trinajstić information content (AvgIpc) is 2.57. The summed E-state index contributed by atoms with van der Waals surface area (Å²) in [5, 5.41) is 2.56. The molecule has 26 heavy (non-hydrogen) atoms.